The summed E-state index contributed by atoms with van der Waals surface area (Å²) in [6.45, 7) is 5.86. The van der Waals surface area contributed by atoms with E-state index in [1.165, 1.54) is 5.56 Å². The number of nitrogens with one attached hydrogen (secondary N) is 2. The van der Waals surface area contributed by atoms with Gasteiger partial charge in [0, 0.05) is 26.2 Å². The van der Waals surface area contributed by atoms with Crippen molar-refractivity contribution in [3.63, 3.8) is 0 Å². The van der Waals surface area contributed by atoms with Gasteiger partial charge in [0.05, 0.1) is 12.7 Å². The number of anilines is 1. The minimum atomic E-state index is 0.749. The summed E-state index contributed by atoms with van der Waals surface area (Å²) < 4.78 is 5.40. The molecule has 0 bridgehead atoms. The van der Waals surface area contributed by atoms with E-state index in [4.69, 9.17) is 4.74 Å². The maximum atomic E-state index is 5.40. The molecule has 2 N–H and O–H groups in total. The largest absolute Gasteiger partial charge is 0.496 e. The van der Waals surface area contributed by atoms with Crippen molar-refractivity contribution in [2.75, 3.05) is 38.2 Å². The summed E-state index contributed by atoms with van der Waals surface area (Å²) >= 11 is 0. The topological polar surface area (TPSA) is 66.1 Å². The van der Waals surface area contributed by atoms with E-state index in [1.54, 1.807) is 7.11 Å². The predicted octanol–water partition coefficient (Wildman–Crippen LogP) is 1.20. The van der Waals surface area contributed by atoms with Crippen molar-refractivity contribution in [3.8, 4) is 17.1 Å². The van der Waals surface area contributed by atoms with Crippen molar-refractivity contribution >= 4 is 5.95 Å². The third-order valence-electron chi connectivity index (χ3n) is 3.48. The molecule has 1 aromatic carbocycles. The zero-order chi connectivity index (χ0) is 13.9. The van der Waals surface area contributed by atoms with Crippen LogP contribution < -0.4 is 15.0 Å². The van der Waals surface area contributed by atoms with Gasteiger partial charge >= 0.3 is 0 Å². The Morgan fingerprint density at radius 3 is 2.80 bits per heavy atom. The molecule has 106 valence electrons. The van der Waals surface area contributed by atoms with Crippen LogP contribution in [0.4, 0.5) is 5.95 Å². The van der Waals surface area contributed by atoms with Crippen LogP contribution in [0.5, 0.6) is 5.75 Å². The fourth-order valence-electron chi connectivity index (χ4n) is 2.39. The van der Waals surface area contributed by atoms with Gasteiger partial charge in [0.25, 0.3) is 0 Å². The lowest BCUT2D eigenvalue weighted by Gasteiger charge is -2.25. The van der Waals surface area contributed by atoms with Crippen molar-refractivity contribution in [3.05, 3.63) is 23.8 Å². The first-order valence-corrected chi connectivity index (χ1v) is 6.81. The highest BCUT2D eigenvalue weighted by atomic mass is 16.5. The van der Waals surface area contributed by atoms with Crippen LogP contribution in [0.3, 0.4) is 0 Å². The van der Waals surface area contributed by atoms with Gasteiger partial charge in [-0.15, -0.1) is 5.10 Å². The van der Waals surface area contributed by atoms with Gasteiger partial charge in [-0.05, 0) is 19.1 Å². The first-order chi connectivity index (χ1) is 9.78. The van der Waals surface area contributed by atoms with E-state index in [0.717, 1.165) is 49.3 Å². The molecule has 0 saturated carbocycles. The van der Waals surface area contributed by atoms with Crippen molar-refractivity contribution in [1.29, 1.82) is 0 Å². The van der Waals surface area contributed by atoms with Crippen molar-refractivity contribution in [2.45, 2.75) is 6.92 Å². The van der Waals surface area contributed by atoms with Gasteiger partial charge in [-0.1, -0.05) is 11.6 Å². The Labute approximate surface area is 118 Å². The van der Waals surface area contributed by atoms with Crippen LogP contribution in [0.25, 0.3) is 11.4 Å². The molecule has 0 amide bonds. The normalized spacial score (nSPS) is 15.4. The summed E-state index contributed by atoms with van der Waals surface area (Å²) in [6, 6.07) is 6.04. The Kier molecular flexibility index (Phi) is 3.56. The molecule has 1 saturated heterocycles. The molecule has 20 heavy (non-hydrogen) atoms. The molecule has 1 aromatic heterocycles. The molecule has 6 nitrogen and oxygen atoms in total. The van der Waals surface area contributed by atoms with Gasteiger partial charge in [-0.2, -0.15) is 4.98 Å². The Balaban J connectivity index is 1.91. The number of aromatic amines is 1. The highest BCUT2D eigenvalue weighted by Gasteiger charge is 2.17. The molecular weight excluding hydrogens is 254 g/mol. The standard InChI is InChI=1S/C14H19N5O/c1-10-3-4-12(20-2)11(9-10)13-16-14(18-17-13)19-7-5-15-6-8-19/h3-4,9,15H,5-8H2,1-2H3,(H,16,17,18). The number of nitrogens with zero attached hydrogens (tertiary/aromatic N) is 3. The molecule has 0 aliphatic carbocycles. The number of H-pyrrole nitrogens is 1. The number of aryl methyl sites for hydroxylation is 1. The zero-order valence-electron chi connectivity index (χ0n) is 11.8. The number of piperazine rings is 1. The van der Waals surface area contributed by atoms with Crippen molar-refractivity contribution < 1.29 is 4.74 Å². The molecule has 2 heterocycles. The highest BCUT2D eigenvalue weighted by Crippen LogP contribution is 2.29. The van der Waals surface area contributed by atoms with Crippen molar-refractivity contribution in [2.24, 2.45) is 0 Å². The summed E-state index contributed by atoms with van der Waals surface area (Å²) in [5, 5.41) is 10.7. The first-order valence-electron chi connectivity index (χ1n) is 6.81. The van der Waals surface area contributed by atoms with Gasteiger partial charge in [0.2, 0.25) is 5.95 Å². The molecular formula is C14H19N5O. The van der Waals surface area contributed by atoms with Gasteiger partial charge in [-0.3, -0.25) is 5.10 Å². The SMILES string of the molecule is COc1ccc(C)cc1-c1nc(N2CCNCC2)n[nH]1. The van der Waals surface area contributed by atoms with Crippen LogP contribution in [-0.4, -0.2) is 48.5 Å². The molecule has 6 heteroatoms. The quantitative estimate of drug-likeness (QED) is 0.879. The minimum absolute atomic E-state index is 0.749. The second-order valence-corrected chi connectivity index (χ2v) is 4.92. The number of hydrogen-bond donors (Lipinski definition) is 2. The number of methoxy groups -OCH3 is 1. The maximum absolute atomic E-state index is 5.40. The number of ether oxygens (including phenoxy) is 1. The summed E-state index contributed by atoms with van der Waals surface area (Å²) in [6.07, 6.45) is 0. The lowest BCUT2D eigenvalue weighted by molar-refractivity contribution is 0.416. The second-order valence-electron chi connectivity index (χ2n) is 4.92. The average Bonchev–Trinajstić information content (AvgIpc) is 2.98. The first kappa shape index (κ1) is 12.9. The van der Waals surface area contributed by atoms with Gasteiger partial charge in [0.15, 0.2) is 5.82 Å². The van der Waals surface area contributed by atoms with Gasteiger partial charge in [-0.25, -0.2) is 0 Å². The molecule has 1 fully saturated rings. The fraction of sp³-hybridized carbons (Fsp3) is 0.429. The molecule has 3 rings (SSSR count). The zero-order valence-corrected chi connectivity index (χ0v) is 11.8. The van der Waals surface area contributed by atoms with E-state index >= 15 is 0 Å². The molecule has 0 atom stereocenters. The molecule has 2 aromatic rings. The maximum Gasteiger partial charge on any atom is 0.245 e. The van der Waals surface area contributed by atoms with E-state index in [-0.39, 0.29) is 0 Å². The van der Waals surface area contributed by atoms with Crippen molar-refractivity contribution in [1.82, 2.24) is 20.5 Å². The molecule has 0 spiro atoms. The third kappa shape index (κ3) is 2.46. The van der Waals surface area contributed by atoms with Crippen LogP contribution >= 0.6 is 0 Å². The second kappa shape index (κ2) is 5.50. The Hall–Kier alpha value is -2.08. The van der Waals surface area contributed by atoms with Gasteiger partial charge in [0.1, 0.15) is 5.75 Å². The molecule has 1 aliphatic heterocycles. The van der Waals surface area contributed by atoms with Crippen LogP contribution in [0, 0.1) is 6.92 Å². The molecule has 0 radical (unpaired) electrons. The summed E-state index contributed by atoms with van der Waals surface area (Å²) in [7, 11) is 1.67. The number of hydrogen-bond acceptors (Lipinski definition) is 5. The lowest BCUT2D eigenvalue weighted by atomic mass is 10.1. The van der Waals surface area contributed by atoms with Crippen LogP contribution in [0.2, 0.25) is 0 Å². The molecule has 1 aliphatic rings. The third-order valence-corrected chi connectivity index (χ3v) is 3.48. The Morgan fingerprint density at radius 1 is 1.25 bits per heavy atom. The van der Waals surface area contributed by atoms with E-state index in [0.29, 0.717) is 0 Å². The van der Waals surface area contributed by atoms with Crippen LogP contribution in [0.1, 0.15) is 5.56 Å². The van der Waals surface area contributed by atoms with E-state index < -0.39 is 0 Å². The number of rotatable bonds is 3. The lowest BCUT2D eigenvalue weighted by Crippen LogP contribution is -2.44. The van der Waals surface area contributed by atoms with E-state index in [1.807, 2.05) is 12.1 Å². The van der Waals surface area contributed by atoms with E-state index in [2.05, 4.69) is 38.4 Å². The summed E-state index contributed by atoms with van der Waals surface area (Å²) in [5.41, 5.74) is 2.11. The fourth-order valence-corrected chi connectivity index (χ4v) is 2.39. The van der Waals surface area contributed by atoms with Crippen LogP contribution in [-0.2, 0) is 0 Å². The average molecular weight is 273 g/mol. The Bertz CT molecular complexity index is 589. The molecule has 0 unspecified atom stereocenters. The Morgan fingerprint density at radius 2 is 2.05 bits per heavy atom. The summed E-state index contributed by atoms with van der Waals surface area (Å²) in [4.78, 5) is 6.78. The monoisotopic (exact) mass is 273 g/mol. The van der Waals surface area contributed by atoms with Crippen LogP contribution in [0.15, 0.2) is 18.2 Å². The number of aromatic nitrogens is 3. The smallest absolute Gasteiger partial charge is 0.245 e. The number of benzene rings is 1. The summed E-state index contributed by atoms with van der Waals surface area (Å²) in [5.74, 6) is 2.31. The highest BCUT2D eigenvalue weighted by molar-refractivity contribution is 5.65. The minimum Gasteiger partial charge on any atom is -0.496 e. The predicted molar refractivity (Wildman–Crippen MR) is 78.2 cm³/mol. The van der Waals surface area contributed by atoms with E-state index in [9.17, 15) is 0 Å². The van der Waals surface area contributed by atoms with Gasteiger partial charge < -0.3 is 15.0 Å².